The van der Waals surface area contributed by atoms with Crippen LogP contribution in [0.3, 0.4) is 0 Å². The minimum absolute atomic E-state index is 0.304. The van der Waals surface area contributed by atoms with Crippen LogP contribution in [0.5, 0.6) is 0 Å². The van der Waals surface area contributed by atoms with E-state index in [4.69, 9.17) is 0 Å². The van der Waals surface area contributed by atoms with E-state index in [0.717, 1.165) is 16.3 Å². The van der Waals surface area contributed by atoms with Crippen molar-refractivity contribution in [2.75, 3.05) is 0 Å². The molecule has 3 heteroatoms. The lowest BCUT2D eigenvalue weighted by atomic mass is 10.1. The Hall–Kier alpha value is -1.34. The molecule has 0 radical (unpaired) electrons. The summed E-state index contributed by atoms with van der Waals surface area (Å²) in [5.41, 5.74) is 0.729. The van der Waals surface area contributed by atoms with Gasteiger partial charge in [-0.1, -0.05) is 43.0 Å². The van der Waals surface area contributed by atoms with Crippen LogP contribution >= 0.6 is 7.34 Å². The molecule has 0 aliphatic rings. The second-order valence-electron chi connectivity index (χ2n) is 3.74. The first-order valence-corrected chi connectivity index (χ1v) is 6.74. The van der Waals surface area contributed by atoms with Gasteiger partial charge >= 0.3 is 0 Å². The number of hydrogen-bond acceptors (Lipinski definition) is 2. The summed E-state index contributed by atoms with van der Waals surface area (Å²) >= 11 is 0. The number of rotatable bonds is 2. The number of hydrogen-bond donors (Lipinski definition) is 2. The van der Waals surface area contributed by atoms with E-state index in [1.165, 1.54) is 0 Å². The minimum atomic E-state index is -3.25. The molecule has 2 rings (SSSR count). The van der Waals surface area contributed by atoms with Gasteiger partial charge in [-0.3, -0.25) is 0 Å². The molecule has 0 unspecified atom stereocenters. The third kappa shape index (κ3) is 2.10. The van der Waals surface area contributed by atoms with Crippen molar-refractivity contribution in [1.29, 1.82) is 0 Å². The summed E-state index contributed by atoms with van der Waals surface area (Å²) in [5, 5.41) is 2.47. The van der Waals surface area contributed by atoms with Crippen molar-refractivity contribution in [3.8, 4) is 0 Å². The summed E-state index contributed by atoms with van der Waals surface area (Å²) in [6.45, 7) is 3.69. The Kier molecular flexibility index (Phi) is 2.73. The van der Waals surface area contributed by atoms with Crippen molar-refractivity contribution in [3.63, 3.8) is 0 Å². The van der Waals surface area contributed by atoms with E-state index in [9.17, 15) is 9.79 Å². The Labute approximate surface area is 94.6 Å². The highest BCUT2D eigenvalue weighted by molar-refractivity contribution is 7.72. The molecule has 0 aliphatic heterocycles. The van der Waals surface area contributed by atoms with Crippen molar-refractivity contribution in [1.82, 2.24) is 0 Å². The van der Waals surface area contributed by atoms with Gasteiger partial charge in [-0.2, -0.15) is 0 Å². The van der Waals surface area contributed by atoms with Crippen LogP contribution in [0.4, 0.5) is 0 Å². The number of benzene rings is 2. The van der Waals surface area contributed by atoms with Gasteiger partial charge in [0.15, 0.2) is 0 Å². The molecule has 82 valence electrons. The monoisotopic (exact) mass is 232 g/mol. The summed E-state index contributed by atoms with van der Waals surface area (Å²) in [4.78, 5) is 18.9. The summed E-state index contributed by atoms with van der Waals surface area (Å²) < 4.78 is 0. The maximum atomic E-state index is 9.47. The first kappa shape index (κ1) is 11.2. The predicted molar refractivity (Wildman–Crippen MR) is 71.5 cm³/mol. The third-order valence-corrected chi connectivity index (χ3v) is 3.64. The van der Waals surface area contributed by atoms with Crippen molar-refractivity contribution in [2.45, 2.75) is 0 Å². The van der Waals surface area contributed by atoms with Gasteiger partial charge in [0, 0.05) is 5.31 Å². The molecule has 0 heterocycles. The normalized spacial score (nSPS) is 11.6. The lowest BCUT2D eigenvalue weighted by Crippen LogP contribution is -1.85. The Morgan fingerprint density at radius 3 is 2.25 bits per heavy atom. The Bertz CT molecular complexity index is 596. The van der Waals surface area contributed by atoms with Gasteiger partial charge in [0.25, 0.3) is 0 Å². The molecule has 2 aromatic rings. The highest BCUT2D eigenvalue weighted by atomic mass is 31.2. The minimum Gasteiger partial charge on any atom is -0.350 e. The molecule has 0 bridgehead atoms. The summed E-state index contributed by atoms with van der Waals surface area (Å²) in [6, 6.07) is 13.6. The largest absolute Gasteiger partial charge is 0.350 e. The molecule has 0 atom stereocenters. The van der Waals surface area contributed by atoms with Crippen LogP contribution in [0.1, 0.15) is 5.56 Å². The van der Waals surface area contributed by atoms with Crippen LogP contribution in [0.15, 0.2) is 49.0 Å². The molecule has 0 spiro atoms. The second-order valence-corrected chi connectivity index (χ2v) is 5.74. The van der Waals surface area contributed by atoms with E-state index in [0.29, 0.717) is 5.31 Å². The van der Waals surface area contributed by atoms with Crippen molar-refractivity contribution >= 4 is 29.7 Å². The topological polar surface area (TPSA) is 40.5 Å². The fourth-order valence-electron chi connectivity index (χ4n) is 1.58. The van der Waals surface area contributed by atoms with Gasteiger partial charge in [0.2, 0.25) is 0 Å². The van der Waals surface area contributed by atoms with Gasteiger partial charge < -0.3 is 9.79 Å². The molecule has 2 N–H and O–H groups in total. The molecular formula is C13H13O2P. The van der Waals surface area contributed by atoms with Crippen molar-refractivity contribution in [3.05, 3.63) is 54.6 Å². The Balaban J connectivity index is 2.56. The van der Waals surface area contributed by atoms with Gasteiger partial charge in [-0.05, 0) is 28.7 Å². The molecule has 0 saturated heterocycles. The van der Waals surface area contributed by atoms with Gasteiger partial charge in [0.05, 0.1) is 0 Å². The molecule has 2 aromatic carbocycles. The zero-order chi connectivity index (χ0) is 11.8. The Morgan fingerprint density at radius 1 is 1.00 bits per heavy atom. The summed E-state index contributed by atoms with van der Waals surface area (Å²) in [7, 11) is -3.25. The maximum Gasteiger partial charge on any atom is 0.142 e. The third-order valence-electron chi connectivity index (χ3n) is 2.51. The first-order chi connectivity index (χ1) is 7.48. The summed E-state index contributed by atoms with van der Waals surface area (Å²) in [5.74, 6) is 0. The predicted octanol–water partition coefficient (Wildman–Crippen LogP) is 3.07. The van der Waals surface area contributed by atoms with E-state index < -0.39 is 7.34 Å². The van der Waals surface area contributed by atoms with Crippen LogP contribution in [-0.4, -0.2) is 16.1 Å². The van der Waals surface area contributed by atoms with Gasteiger partial charge in [-0.25, -0.2) is 0 Å². The van der Waals surface area contributed by atoms with Crippen molar-refractivity contribution in [2.24, 2.45) is 0 Å². The average molecular weight is 232 g/mol. The molecule has 0 aromatic heterocycles. The van der Waals surface area contributed by atoms with Crippen LogP contribution in [-0.2, 0) is 0 Å². The average Bonchev–Trinajstić information content (AvgIpc) is 2.26. The maximum absolute atomic E-state index is 9.47. The standard InChI is InChI=1S/C13H13O2P/c1-10(16(2,14)15)12-8-7-11-5-3-4-6-13(11)9-12/h3-9,14-15H,1-2H2. The molecule has 0 saturated carbocycles. The molecule has 0 fully saturated rings. The molecule has 0 aliphatic carbocycles. The first-order valence-electron chi connectivity index (χ1n) is 4.86. The zero-order valence-corrected chi connectivity index (χ0v) is 9.69. The zero-order valence-electron chi connectivity index (χ0n) is 8.80. The molecule has 16 heavy (non-hydrogen) atoms. The van der Waals surface area contributed by atoms with Crippen molar-refractivity contribution < 1.29 is 9.79 Å². The Morgan fingerprint density at radius 2 is 1.62 bits per heavy atom. The number of fused-ring (bicyclic) bond motifs is 1. The van der Waals surface area contributed by atoms with E-state index in [-0.39, 0.29) is 0 Å². The molecular weight excluding hydrogens is 219 g/mol. The highest BCUT2D eigenvalue weighted by Crippen LogP contribution is 2.49. The SMILES string of the molecule is C=C(c1ccc2ccccc2c1)P(=C)(O)O. The van der Waals surface area contributed by atoms with Gasteiger partial charge in [0.1, 0.15) is 7.34 Å². The lowest BCUT2D eigenvalue weighted by molar-refractivity contribution is 0.492. The molecule has 0 amide bonds. The highest BCUT2D eigenvalue weighted by Gasteiger charge is 2.12. The van der Waals surface area contributed by atoms with E-state index >= 15 is 0 Å². The van der Waals surface area contributed by atoms with Crippen LogP contribution < -0.4 is 0 Å². The smallest absolute Gasteiger partial charge is 0.142 e. The van der Waals surface area contributed by atoms with E-state index in [2.05, 4.69) is 12.9 Å². The van der Waals surface area contributed by atoms with Crippen LogP contribution in [0.2, 0.25) is 0 Å². The summed E-state index contributed by atoms with van der Waals surface area (Å²) in [6.07, 6.45) is 3.35. The van der Waals surface area contributed by atoms with E-state index in [1.807, 2.05) is 42.5 Å². The molecule has 2 nitrogen and oxygen atoms in total. The van der Waals surface area contributed by atoms with Crippen LogP contribution in [0, 0.1) is 0 Å². The second kappa shape index (κ2) is 3.91. The van der Waals surface area contributed by atoms with E-state index in [1.54, 1.807) is 0 Å². The lowest BCUT2D eigenvalue weighted by Gasteiger charge is -2.13. The fourth-order valence-corrected chi connectivity index (χ4v) is 2.13. The van der Waals surface area contributed by atoms with Gasteiger partial charge in [-0.15, -0.1) is 0 Å². The van der Waals surface area contributed by atoms with Crippen LogP contribution in [0.25, 0.3) is 16.1 Å². The fraction of sp³-hybridized carbons (Fsp3) is 0. The quantitative estimate of drug-likeness (QED) is 0.781.